The van der Waals surface area contributed by atoms with Gasteiger partial charge in [-0.25, -0.2) is 9.69 Å². The molecule has 4 rings (SSSR count). The quantitative estimate of drug-likeness (QED) is 0.561. The third-order valence-electron chi connectivity index (χ3n) is 6.44. The zero-order valence-electron chi connectivity index (χ0n) is 19.1. The summed E-state index contributed by atoms with van der Waals surface area (Å²) in [6.07, 6.45) is 0.927. The summed E-state index contributed by atoms with van der Waals surface area (Å²) in [5.41, 5.74) is -0.289. The number of carbonyl (C=O) groups excluding carboxylic acids is 2. The van der Waals surface area contributed by atoms with Crippen molar-refractivity contribution in [3.05, 3.63) is 29.8 Å². The molecule has 0 N–H and O–H groups in total. The van der Waals surface area contributed by atoms with Crippen molar-refractivity contribution in [3.63, 3.8) is 0 Å². The SMILES string of the molecule is CCCOc1ccc([C@]2(C)C(=O)N(CN3CCOCC3)C(=O)N2CN2CCOCC2)cc1. The van der Waals surface area contributed by atoms with Crippen LogP contribution >= 0.6 is 0 Å². The van der Waals surface area contributed by atoms with Crippen molar-refractivity contribution in [1.82, 2.24) is 19.6 Å². The molecule has 9 heteroatoms. The predicted molar refractivity (Wildman–Crippen MR) is 118 cm³/mol. The highest BCUT2D eigenvalue weighted by atomic mass is 16.5. The lowest BCUT2D eigenvalue weighted by atomic mass is 9.90. The number of hydrogen-bond acceptors (Lipinski definition) is 7. The van der Waals surface area contributed by atoms with Crippen molar-refractivity contribution in [2.24, 2.45) is 0 Å². The summed E-state index contributed by atoms with van der Waals surface area (Å²) in [6, 6.07) is 7.32. The molecule has 1 aromatic rings. The van der Waals surface area contributed by atoms with Gasteiger partial charge >= 0.3 is 6.03 Å². The van der Waals surface area contributed by atoms with Crippen molar-refractivity contribution < 1.29 is 23.8 Å². The Hall–Kier alpha value is -2.20. The third kappa shape index (κ3) is 4.61. The molecule has 9 nitrogen and oxygen atoms in total. The molecule has 3 aliphatic rings. The maximum Gasteiger partial charge on any atom is 0.330 e. The van der Waals surface area contributed by atoms with Gasteiger partial charge in [0.05, 0.1) is 46.4 Å². The van der Waals surface area contributed by atoms with Gasteiger partial charge in [0.25, 0.3) is 5.91 Å². The van der Waals surface area contributed by atoms with Crippen LogP contribution in [0, 0.1) is 0 Å². The maximum absolute atomic E-state index is 13.8. The van der Waals surface area contributed by atoms with E-state index >= 15 is 0 Å². The number of imide groups is 1. The molecule has 0 saturated carbocycles. The highest BCUT2D eigenvalue weighted by Crippen LogP contribution is 2.38. The van der Waals surface area contributed by atoms with E-state index in [9.17, 15) is 9.59 Å². The van der Waals surface area contributed by atoms with Gasteiger partial charge in [-0.15, -0.1) is 0 Å². The Bertz CT molecular complexity index is 792. The molecule has 32 heavy (non-hydrogen) atoms. The van der Waals surface area contributed by atoms with Crippen LogP contribution < -0.4 is 4.74 Å². The number of urea groups is 1. The van der Waals surface area contributed by atoms with Crippen LogP contribution in [-0.4, -0.2) is 104 Å². The Morgan fingerprint density at radius 1 is 0.906 bits per heavy atom. The van der Waals surface area contributed by atoms with Crippen LogP contribution in [0.4, 0.5) is 4.79 Å². The van der Waals surface area contributed by atoms with E-state index in [-0.39, 0.29) is 18.6 Å². The zero-order valence-corrected chi connectivity index (χ0v) is 19.1. The second-order valence-corrected chi connectivity index (χ2v) is 8.63. The second-order valence-electron chi connectivity index (χ2n) is 8.63. The standard InChI is InChI=1S/C23H34N4O5/c1-3-12-32-20-6-4-19(5-7-20)23(2)21(28)26(17-24-8-13-30-14-9-24)22(29)27(23)18-25-10-15-31-16-11-25/h4-7H,3,8-18H2,1-2H3/t23-/m1/s1. The first-order chi connectivity index (χ1) is 15.5. The second kappa shape index (κ2) is 10.2. The van der Waals surface area contributed by atoms with Gasteiger partial charge in [-0.1, -0.05) is 19.1 Å². The van der Waals surface area contributed by atoms with Crippen molar-refractivity contribution in [3.8, 4) is 5.75 Å². The number of ether oxygens (including phenoxy) is 3. The van der Waals surface area contributed by atoms with Gasteiger partial charge in [-0.2, -0.15) is 0 Å². The van der Waals surface area contributed by atoms with Gasteiger partial charge in [0.2, 0.25) is 0 Å². The Morgan fingerprint density at radius 3 is 2.03 bits per heavy atom. The van der Waals surface area contributed by atoms with Crippen LogP contribution in [0.25, 0.3) is 0 Å². The molecule has 176 valence electrons. The fourth-order valence-corrected chi connectivity index (χ4v) is 4.39. The first kappa shape index (κ1) is 23.0. The van der Waals surface area contributed by atoms with E-state index in [4.69, 9.17) is 14.2 Å². The van der Waals surface area contributed by atoms with Crippen molar-refractivity contribution in [2.45, 2.75) is 25.8 Å². The van der Waals surface area contributed by atoms with E-state index in [2.05, 4.69) is 16.7 Å². The number of nitrogens with zero attached hydrogens (tertiary/aromatic N) is 4. The molecule has 3 saturated heterocycles. The van der Waals surface area contributed by atoms with Crippen LogP contribution in [0.2, 0.25) is 0 Å². The fraction of sp³-hybridized carbons (Fsp3) is 0.652. The van der Waals surface area contributed by atoms with E-state index in [0.29, 0.717) is 52.8 Å². The summed E-state index contributed by atoms with van der Waals surface area (Å²) < 4.78 is 16.6. The number of amides is 3. The Kier molecular flexibility index (Phi) is 7.30. The minimum atomic E-state index is -1.08. The van der Waals surface area contributed by atoms with Gasteiger partial charge in [0.15, 0.2) is 0 Å². The smallest absolute Gasteiger partial charge is 0.330 e. The lowest BCUT2D eigenvalue weighted by Crippen LogP contribution is -2.51. The molecular weight excluding hydrogens is 412 g/mol. The third-order valence-corrected chi connectivity index (χ3v) is 6.44. The van der Waals surface area contributed by atoms with E-state index in [1.165, 1.54) is 4.90 Å². The van der Waals surface area contributed by atoms with Crippen molar-refractivity contribution >= 4 is 11.9 Å². The molecule has 3 amide bonds. The molecule has 0 bridgehead atoms. The Morgan fingerprint density at radius 2 is 1.47 bits per heavy atom. The summed E-state index contributed by atoms with van der Waals surface area (Å²) in [7, 11) is 0. The van der Waals surface area contributed by atoms with Crippen LogP contribution in [0.1, 0.15) is 25.8 Å². The minimum absolute atomic E-state index is 0.190. The maximum atomic E-state index is 13.8. The molecule has 0 spiro atoms. The summed E-state index contributed by atoms with van der Waals surface area (Å²) in [5, 5.41) is 0. The van der Waals surface area contributed by atoms with E-state index < -0.39 is 5.54 Å². The molecule has 3 aliphatic heterocycles. The summed E-state index contributed by atoms with van der Waals surface area (Å²) in [6.45, 7) is 10.6. The summed E-state index contributed by atoms with van der Waals surface area (Å²) in [4.78, 5) is 34.7. The number of carbonyl (C=O) groups is 2. The summed E-state index contributed by atoms with van der Waals surface area (Å²) >= 11 is 0. The van der Waals surface area contributed by atoms with Gasteiger partial charge in [0.1, 0.15) is 11.3 Å². The van der Waals surface area contributed by atoms with Crippen LogP contribution in [-0.2, 0) is 19.8 Å². The Balaban J connectivity index is 1.60. The molecule has 0 radical (unpaired) electrons. The largest absolute Gasteiger partial charge is 0.494 e. The average Bonchev–Trinajstić information content (AvgIpc) is 3.01. The van der Waals surface area contributed by atoms with Crippen LogP contribution in [0.5, 0.6) is 5.75 Å². The molecule has 0 aliphatic carbocycles. The van der Waals surface area contributed by atoms with Crippen LogP contribution in [0.3, 0.4) is 0 Å². The topological polar surface area (TPSA) is 74.8 Å². The van der Waals surface area contributed by atoms with E-state index in [0.717, 1.165) is 30.8 Å². The molecule has 1 aromatic carbocycles. The number of rotatable bonds is 8. The number of benzene rings is 1. The van der Waals surface area contributed by atoms with Gasteiger partial charge in [0, 0.05) is 26.2 Å². The molecule has 3 heterocycles. The first-order valence-electron chi connectivity index (χ1n) is 11.5. The monoisotopic (exact) mass is 446 g/mol. The van der Waals surface area contributed by atoms with E-state index in [1.54, 1.807) is 4.90 Å². The molecule has 1 atom stereocenters. The molecule has 0 unspecified atom stereocenters. The minimum Gasteiger partial charge on any atom is -0.494 e. The van der Waals surface area contributed by atoms with E-state index in [1.807, 2.05) is 31.2 Å². The number of morpholine rings is 2. The van der Waals surface area contributed by atoms with Gasteiger partial charge in [-0.05, 0) is 31.0 Å². The van der Waals surface area contributed by atoms with Crippen LogP contribution in [0.15, 0.2) is 24.3 Å². The predicted octanol–water partition coefficient (Wildman–Crippen LogP) is 1.53. The highest BCUT2D eigenvalue weighted by molar-refractivity contribution is 6.07. The highest BCUT2D eigenvalue weighted by Gasteiger charge is 2.56. The average molecular weight is 447 g/mol. The Labute approximate surface area is 189 Å². The molecule has 3 fully saturated rings. The molecule has 0 aromatic heterocycles. The fourth-order valence-electron chi connectivity index (χ4n) is 4.39. The lowest BCUT2D eigenvalue weighted by Gasteiger charge is -2.37. The molecular formula is C23H34N4O5. The van der Waals surface area contributed by atoms with Crippen molar-refractivity contribution in [2.75, 3.05) is 72.6 Å². The zero-order chi connectivity index (χ0) is 22.6. The van der Waals surface area contributed by atoms with Gasteiger partial charge in [-0.3, -0.25) is 19.5 Å². The normalized spacial score (nSPS) is 25.6. The number of hydrogen-bond donors (Lipinski definition) is 0. The van der Waals surface area contributed by atoms with Crippen molar-refractivity contribution in [1.29, 1.82) is 0 Å². The first-order valence-corrected chi connectivity index (χ1v) is 11.5. The summed E-state index contributed by atoms with van der Waals surface area (Å²) in [5.74, 6) is 0.574. The van der Waals surface area contributed by atoms with Gasteiger partial charge < -0.3 is 14.2 Å². The lowest BCUT2D eigenvalue weighted by molar-refractivity contribution is -0.135.